The highest BCUT2D eigenvalue weighted by Gasteiger charge is 2.08. The molecule has 0 aliphatic carbocycles. The van der Waals surface area contributed by atoms with Gasteiger partial charge in [0.1, 0.15) is 0 Å². The normalized spacial score (nSPS) is 11.1. The maximum Gasteiger partial charge on any atom is 0.271 e. The molecule has 0 bridgehead atoms. The second kappa shape index (κ2) is 14.3. The molecule has 0 aliphatic rings. The van der Waals surface area contributed by atoms with Gasteiger partial charge >= 0.3 is 0 Å². The van der Waals surface area contributed by atoms with E-state index in [0.717, 1.165) is 48.7 Å². The third kappa shape index (κ3) is 7.77. The molecular formula is C30H36N6O2. The Balaban J connectivity index is 1.53. The molecule has 0 unspecified atom stereocenters. The number of carbonyl (C=O) groups is 2. The van der Waals surface area contributed by atoms with Gasteiger partial charge in [0.2, 0.25) is 0 Å². The van der Waals surface area contributed by atoms with Crippen molar-refractivity contribution in [3.05, 3.63) is 95.1 Å². The summed E-state index contributed by atoms with van der Waals surface area (Å²) in [5.74, 6) is -0.559. The van der Waals surface area contributed by atoms with E-state index in [0.29, 0.717) is 11.1 Å². The minimum atomic E-state index is -0.280. The fourth-order valence-electron chi connectivity index (χ4n) is 4.00. The minimum absolute atomic E-state index is 0.280. The van der Waals surface area contributed by atoms with Crippen molar-refractivity contribution in [3.8, 4) is 0 Å². The third-order valence-electron chi connectivity index (χ3n) is 6.19. The lowest BCUT2D eigenvalue weighted by Crippen LogP contribution is -2.22. The second-order valence-electron chi connectivity index (χ2n) is 8.51. The van der Waals surface area contributed by atoms with E-state index in [1.54, 1.807) is 36.7 Å². The zero-order valence-electron chi connectivity index (χ0n) is 22.5. The summed E-state index contributed by atoms with van der Waals surface area (Å²) < 4.78 is 0. The molecule has 0 fully saturated rings. The predicted molar refractivity (Wildman–Crippen MR) is 157 cm³/mol. The minimum Gasteiger partial charge on any atom is -0.372 e. The van der Waals surface area contributed by atoms with Crippen LogP contribution in [0.2, 0.25) is 0 Å². The van der Waals surface area contributed by atoms with E-state index in [2.05, 4.69) is 58.5 Å². The summed E-state index contributed by atoms with van der Waals surface area (Å²) in [5, 5.41) is 8.15. The van der Waals surface area contributed by atoms with Crippen LogP contribution in [0.1, 0.15) is 59.5 Å². The number of nitrogens with zero attached hydrogens (tertiary/aromatic N) is 4. The fraction of sp³-hybridized carbons (Fsp3) is 0.267. The van der Waals surface area contributed by atoms with E-state index in [1.807, 2.05) is 48.5 Å². The topological polar surface area (TPSA) is 89.4 Å². The maximum atomic E-state index is 12.4. The van der Waals surface area contributed by atoms with Crippen LogP contribution in [0.4, 0.5) is 11.4 Å². The molecule has 0 aliphatic heterocycles. The highest BCUT2D eigenvalue weighted by molar-refractivity contribution is 5.96. The fourth-order valence-corrected chi connectivity index (χ4v) is 4.00. The van der Waals surface area contributed by atoms with Crippen LogP contribution in [0.3, 0.4) is 0 Å². The van der Waals surface area contributed by atoms with Gasteiger partial charge in [-0.15, -0.1) is 0 Å². The summed E-state index contributed by atoms with van der Waals surface area (Å²) in [4.78, 5) is 29.3. The SMILES string of the molecule is CCN(CC)c1ccc(C(=O)NN=Cc2cccc(C=NNC(=O)c3ccc(N(CC)CC)cc3)c2)cc1. The Labute approximate surface area is 225 Å². The van der Waals surface area contributed by atoms with Crippen molar-refractivity contribution >= 4 is 35.6 Å². The lowest BCUT2D eigenvalue weighted by Gasteiger charge is -2.20. The van der Waals surface area contributed by atoms with Crippen LogP contribution < -0.4 is 20.7 Å². The van der Waals surface area contributed by atoms with E-state index in [4.69, 9.17) is 0 Å². The summed E-state index contributed by atoms with van der Waals surface area (Å²) in [5.41, 5.74) is 9.93. The van der Waals surface area contributed by atoms with Gasteiger partial charge < -0.3 is 9.80 Å². The van der Waals surface area contributed by atoms with Gasteiger partial charge in [-0.2, -0.15) is 10.2 Å². The number of benzene rings is 3. The van der Waals surface area contributed by atoms with Crippen LogP contribution in [0.5, 0.6) is 0 Å². The molecule has 3 aromatic rings. The Bertz CT molecular complexity index is 1150. The molecule has 0 spiro atoms. The predicted octanol–water partition coefficient (Wildman–Crippen LogP) is 4.91. The Morgan fingerprint density at radius 3 is 1.34 bits per heavy atom. The first-order valence-electron chi connectivity index (χ1n) is 13.0. The van der Waals surface area contributed by atoms with Crippen molar-refractivity contribution in [2.24, 2.45) is 10.2 Å². The van der Waals surface area contributed by atoms with E-state index < -0.39 is 0 Å². The van der Waals surface area contributed by atoms with Crippen molar-refractivity contribution in [3.63, 3.8) is 0 Å². The molecule has 0 heterocycles. The van der Waals surface area contributed by atoms with Crippen LogP contribution in [0.25, 0.3) is 0 Å². The van der Waals surface area contributed by atoms with Gasteiger partial charge in [0.25, 0.3) is 11.8 Å². The van der Waals surface area contributed by atoms with Gasteiger partial charge in [0, 0.05) is 48.7 Å². The Hall–Kier alpha value is -4.46. The van der Waals surface area contributed by atoms with Crippen molar-refractivity contribution in [1.82, 2.24) is 10.9 Å². The smallest absolute Gasteiger partial charge is 0.271 e. The Morgan fingerprint density at radius 2 is 1.00 bits per heavy atom. The number of rotatable bonds is 12. The average molecular weight is 513 g/mol. The number of carbonyl (C=O) groups excluding carboxylic acids is 2. The molecule has 198 valence electrons. The van der Waals surface area contributed by atoms with Crippen molar-refractivity contribution < 1.29 is 9.59 Å². The van der Waals surface area contributed by atoms with Crippen molar-refractivity contribution in [2.45, 2.75) is 27.7 Å². The van der Waals surface area contributed by atoms with Gasteiger partial charge in [-0.05, 0) is 93.4 Å². The van der Waals surface area contributed by atoms with Crippen LogP contribution in [-0.4, -0.2) is 50.4 Å². The number of nitrogens with one attached hydrogen (secondary N) is 2. The summed E-state index contributed by atoms with van der Waals surface area (Å²) in [6.45, 7) is 12.0. The first-order chi connectivity index (χ1) is 18.5. The molecule has 3 aromatic carbocycles. The number of hydrazone groups is 2. The molecule has 8 heteroatoms. The quantitative estimate of drug-likeness (QED) is 0.267. The molecule has 3 rings (SSSR count). The largest absolute Gasteiger partial charge is 0.372 e. The Kier molecular flexibility index (Phi) is 10.6. The van der Waals surface area contributed by atoms with Crippen molar-refractivity contribution in [1.29, 1.82) is 0 Å². The molecule has 2 N–H and O–H groups in total. The van der Waals surface area contributed by atoms with Crippen LogP contribution in [0.15, 0.2) is 83.0 Å². The summed E-state index contributed by atoms with van der Waals surface area (Å²) in [6.07, 6.45) is 3.13. The van der Waals surface area contributed by atoms with Gasteiger partial charge in [0.05, 0.1) is 12.4 Å². The second-order valence-corrected chi connectivity index (χ2v) is 8.51. The van der Waals surface area contributed by atoms with E-state index in [1.165, 1.54) is 0 Å². The van der Waals surface area contributed by atoms with Crippen LogP contribution in [-0.2, 0) is 0 Å². The molecule has 0 aromatic heterocycles. The molecular weight excluding hydrogens is 476 g/mol. The first kappa shape index (κ1) is 28.1. The number of hydrogen-bond acceptors (Lipinski definition) is 6. The summed E-state index contributed by atoms with van der Waals surface area (Å²) >= 11 is 0. The van der Waals surface area contributed by atoms with E-state index in [-0.39, 0.29) is 11.8 Å². The lowest BCUT2D eigenvalue weighted by molar-refractivity contribution is 0.0947. The summed E-state index contributed by atoms with van der Waals surface area (Å²) in [7, 11) is 0. The molecule has 38 heavy (non-hydrogen) atoms. The summed E-state index contributed by atoms with van der Waals surface area (Å²) in [6, 6.07) is 22.4. The van der Waals surface area contributed by atoms with Crippen LogP contribution >= 0.6 is 0 Å². The molecule has 8 nitrogen and oxygen atoms in total. The molecule has 0 saturated heterocycles. The van der Waals surface area contributed by atoms with E-state index in [9.17, 15) is 9.59 Å². The number of hydrogen-bond donors (Lipinski definition) is 2. The lowest BCUT2D eigenvalue weighted by atomic mass is 10.1. The van der Waals surface area contributed by atoms with Crippen molar-refractivity contribution in [2.75, 3.05) is 36.0 Å². The highest BCUT2D eigenvalue weighted by Crippen LogP contribution is 2.16. The van der Waals surface area contributed by atoms with Crippen LogP contribution in [0, 0.1) is 0 Å². The number of amides is 2. The maximum absolute atomic E-state index is 12.4. The Morgan fingerprint density at radius 1 is 0.632 bits per heavy atom. The van der Waals surface area contributed by atoms with E-state index >= 15 is 0 Å². The molecule has 0 atom stereocenters. The number of anilines is 2. The zero-order valence-corrected chi connectivity index (χ0v) is 22.5. The zero-order chi connectivity index (χ0) is 27.3. The molecule has 0 radical (unpaired) electrons. The third-order valence-corrected chi connectivity index (χ3v) is 6.19. The van der Waals surface area contributed by atoms with Gasteiger partial charge in [-0.1, -0.05) is 18.2 Å². The van der Waals surface area contributed by atoms with Gasteiger partial charge in [-0.25, -0.2) is 10.9 Å². The standard InChI is InChI=1S/C30H36N6O2/c1-5-35(6-2)27-16-12-25(13-17-27)29(37)33-31-21-23-10-9-11-24(20-23)22-32-34-30(38)26-14-18-28(19-15-26)36(7-3)8-4/h9-22H,5-8H2,1-4H3,(H,33,37)(H,34,38). The molecule has 2 amide bonds. The monoisotopic (exact) mass is 512 g/mol. The highest BCUT2D eigenvalue weighted by atomic mass is 16.2. The van der Waals surface area contributed by atoms with Gasteiger partial charge in [-0.3, -0.25) is 9.59 Å². The average Bonchev–Trinajstić information content (AvgIpc) is 2.95. The molecule has 0 saturated carbocycles. The first-order valence-corrected chi connectivity index (χ1v) is 13.0. The van der Waals surface area contributed by atoms with Gasteiger partial charge in [0.15, 0.2) is 0 Å².